The zero-order chi connectivity index (χ0) is 12.5. The molecule has 0 amide bonds. The maximum absolute atomic E-state index is 12.5. The molecule has 0 bridgehead atoms. The summed E-state index contributed by atoms with van der Waals surface area (Å²) in [7, 11) is 0. The predicted octanol–water partition coefficient (Wildman–Crippen LogP) is 2.11. The Labute approximate surface area is 86.7 Å². The SMILES string of the molecule is Nc1ncc(C(F)(F)F)c(C(F)F)c1CO. The van der Waals surface area contributed by atoms with E-state index in [1.165, 1.54) is 0 Å². The van der Waals surface area contributed by atoms with Gasteiger partial charge in [0, 0.05) is 17.3 Å². The molecule has 3 nitrogen and oxygen atoms in total. The molecule has 1 aromatic rings. The lowest BCUT2D eigenvalue weighted by Gasteiger charge is -2.16. The molecule has 90 valence electrons. The van der Waals surface area contributed by atoms with E-state index in [9.17, 15) is 22.0 Å². The predicted molar refractivity (Wildman–Crippen MR) is 44.5 cm³/mol. The van der Waals surface area contributed by atoms with E-state index in [1.807, 2.05) is 0 Å². The molecule has 1 rings (SSSR count). The molecule has 16 heavy (non-hydrogen) atoms. The molecule has 0 radical (unpaired) electrons. The van der Waals surface area contributed by atoms with Gasteiger partial charge in [0.1, 0.15) is 5.82 Å². The van der Waals surface area contributed by atoms with Gasteiger partial charge in [-0.1, -0.05) is 0 Å². The van der Waals surface area contributed by atoms with Crippen LogP contribution in [0.1, 0.15) is 23.1 Å². The van der Waals surface area contributed by atoms with Crippen LogP contribution in [0.15, 0.2) is 6.20 Å². The van der Waals surface area contributed by atoms with Crippen LogP contribution in [-0.4, -0.2) is 10.1 Å². The summed E-state index contributed by atoms with van der Waals surface area (Å²) in [6.07, 6.45) is -8.11. The highest BCUT2D eigenvalue weighted by Crippen LogP contribution is 2.38. The first-order valence-electron chi connectivity index (χ1n) is 4.02. The summed E-state index contributed by atoms with van der Waals surface area (Å²) in [4.78, 5) is 3.12. The molecule has 8 heteroatoms. The molecule has 0 fully saturated rings. The zero-order valence-electron chi connectivity index (χ0n) is 7.72. The van der Waals surface area contributed by atoms with E-state index < -0.39 is 41.7 Å². The summed E-state index contributed by atoms with van der Waals surface area (Å²) in [6.45, 7) is -1.03. The smallest absolute Gasteiger partial charge is 0.392 e. The lowest BCUT2D eigenvalue weighted by Crippen LogP contribution is -2.15. The van der Waals surface area contributed by atoms with E-state index in [1.54, 1.807) is 0 Å². The second-order valence-corrected chi connectivity index (χ2v) is 2.91. The highest BCUT2D eigenvalue weighted by molar-refractivity contribution is 5.49. The number of anilines is 1. The fraction of sp³-hybridized carbons (Fsp3) is 0.375. The Bertz CT molecular complexity index is 391. The van der Waals surface area contributed by atoms with Crippen LogP contribution in [0.5, 0.6) is 0 Å². The second kappa shape index (κ2) is 4.20. The largest absolute Gasteiger partial charge is 0.418 e. The third-order valence-corrected chi connectivity index (χ3v) is 1.94. The van der Waals surface area contributed by atoms with Crippen molar-refractivity contribution in [1.29, 1.82) is 0 Å². The summed E-state index contributed by atoms with van der Waals surface area (Å²) >= 11 is 0. The Morgan fingerprint density at radius 2 is 1.94 bits per heavy atom. The number of aliphatic hydroxyl groups is 1. The van der Waals surface area contributed by atoms with Crippen LogP contribution in [-0.2, 0) is 12.8 Å². The first kappa shape index (κ1) is 12.6. The standard InChI is InChI=1S/C8H7F5N2O/c9-6(10)5-3(2-16)7(14)15-1-4(5)8(11,12)13/h1,6,16H,2H2,(H2,14,15). The van der Waals surface area contributed by atoms with Crippen LogP contribution in [0.25, 0.3) is 0 Å². The minimum atomic E-state index is -4.96. The Hall–Kier alpha value is -1.44. The second-order valence-electron chi connectivity index (χ2n) is 2.91. The van der Waals surface area contributed by atoms with Crippen LogP contribution in [0.2, 0.25) is 0 Å². The van der Waals surface area contributed by atoms with Gasteiger partial charge in [-0.25, -0.2) is 13.8 Å². The van der Waals surface area contributed by atoms with Crippen molar-refractivity contribution in [3.8, 4) is 0 Å². The number of nitrogens with zero attached hydrogens (tertiary/aromatic N) is 1. The maximum Gasteiger partial charge on any atom is 0.418 e. The lowest BCUT2D eigenvalue weighted by molar-refractivity contribution is -0.139. The Balaban J connectivity index is 3.52. The number of aliphatic hydroxyl groups excluding tert-OH is 1. The molecule has 0 saturated carbocycles. The minimum Gasteiger partial charge on any atom is -0.392 e. The lowest BCUT2D eigenvalue weighted by atomic mass is 10.0. The number of rotatable bonds is 2. The van der Waals surface area contributed by atoms with Crippen LogP contribution < -0.4 is 5.73 Å². The topological polar surface area (TPSA) is 59.1 Å². The van der Waals surface area contributed by atoms with Gasteiger partial charge in [0.05, 0.1) is 12.2 Å². The third-order valence-electron chi connectivity index (χ3n) is 1.94. The summed E-state index contributed by atoms with van der Waals surface area (Å²) in [5.41, 5.74) is 1.52. The number of nitrogens with two attached hydrogens (primary N) is 1. The molecule has 0 saturated heterocycles. The van der Waals surface area contributed by atoms with Gasteiger partial charge in [0.15, 0.2) is 0 Å². The van der Waals surface area contributed by atoms with Crippen molar-refractivity contribution < 1.29 is 27.1 Å². The van der Waals surface area contributed by atoms with E-state index in [4.69, 9.17) is 10.8 Å². The quantitative estimate of drug-likeness (QED) is 0.781. The van der Waals surface area contributed by atoms with Crippen molar-refractivity contribution in [2.45, 2.75) is 19.2 Å². The molecular formula is C8H7F5N2O. The van der Waals surface area contributed by atoms with Crippen LogP contribution in [0.4, 0.5) is 27.8 Å². The van der Waals surface area contributed by atoms with Crippen LogP contribution >= 0.6 is 0 Å². The number of halogens is 5. The van der Waals surface area contributed by atoms with Crippen molar-refractivity contribution in [3.63, 3.8) is 0 Å². The summed E-state index contributed by atoms with van der Waals surface area (Å²) < 4.78 is 62.1. The molecule has 1 aromatic heterocycles. The van der Waals surface area contributed by atoms with Crippen molar-refractivity contribution >= 4 is 5.82 Å². The molecule has 0 aliphatic carbocycles. The van der Waals surface area contributed by atoms with Gasteiger partial charge < -0.3 is 10.8 Å². The van der Waals surface area contributed by atoms with E-state index in [2.05, 4.69) is 4.98 Å². The monoisotopic (exact) mass is 242 g/mol. The molecule has 0 atom stereocenters. The first-order valence-corrected chi connectivity index (χ1v) is 4.02. The number of nitrogen functional groups attached to an aromatic ring is 1. The molecule has 3 N–H and O–H groups in total. The number of hydrogen-bond donors (Lipinski definition) is 2. The molecule has 0 unspecified atom stereocenters. The van der Waals surface area contributed by atoms with E-state index in [0.717, 1.165) is 0 Å². The highest BCUT2D eigenvalue weighted by atomic mass is 19.4. The van der Waals surface area contributed by atoms with Crippen LogP contribution in [0.3, 0.4) is 0 Å². The summed E-state index contributed by atoms with van der Waals surface area (Å²) in [5.74, 6) is -0.536. The number of alkyl halides is 5. The molecule has 1 heterocycles. The molecular weight excluding hydrogens is 235 g/mol. The summed E-state index contributed by atoms with van der Waals surface area (Å²) in [5, 5.41) is 8.72. The molecule has 0 spiro atoms. The minimum absolute atomic E-state index is 0.232. The zero-order valence-corrected chi connectivity index (χ0v) is 7.72. The Morgan fingerprint density at radius 1 is 1.38 bits per heavy atom. The first-order chi connectivity index (χ1) is 7.29. The van der Waals surface area contributed by atoms with Crippen molar-refractivity contribution in [1.82, 2.24) is 4.98 Å². The van der Waals surface area contributed by atoms with Gasteiger partial charge >= 0.3 is 6.18 Å². The van der Waals surface area contributed by atoms with E-state index in [-0.39, 0.29) is 6.20 Å². The van der Waals surface area contributed by atoms with E-state index in [0.29, 0.717) is 0 Å². The van der Waals surface area contributed by atoms with Crippen molar-refractivity contribution in [3.05, 3.63) is 22.9 Å². The van der Waals surface area contributed by atoms with Gasteiger partial charge in [-0.05, 0) is 0 Å². The highest BCUT2D eigenvalue weighted by Gasteiger charge is 2.38. The normalized spacial score (nSPS) is 12.2. The van der Waals surface area contributed by atoms with Gasteiger partial charge in [0.2, 0.25) is 0 Å². The van der Waals surface area contributed by atoms with Crippen molar-refractivity contribution in [2.75, 3.05) is 5.73 Å². The fourth-order valence-corrected chi connectivity index (χ4v) is 1.22. The molecule has 0 aliphatic heterocycles. The Kier molecular flexibility index (Phi) is 3.32. The van der Waals surface area contributed by atoms with Gasteiger partial charge in [-0.3, -0.25) is 0 Å². The average Bonchev–Trinajstić information content (AvgIpc) is 2.14. The van der Waals surface area contributed by atoms with Crippen LogP contribution in [0, 0.1) is 0 Å². The fourth-order valence-electron chi connectivity index (χ4n) is 1.22. The van der Waals surface area contributed by atoms with Gasteiger partial charge in [-0.15, -0.1) is 0 Å². The molecule has 0 aliphatic rings. The number of aromatic nitrogens is 1. The third kappa shape index (κ3) is 2.21. The van der Waals surface area contributed by atoms with Gasteiger partial charge in [-0.2, -0.15) is 13.2 Å². The van der Waals surface area contributed by atoms with Gasteiger partial charge in [0.25, 0.3) is 6.43 Å². The summed E-state index contributed by atoms with van der Waals surface area (Å²) in [6, 6.07) is 0. The number of pyridine rings is 1. The Morgan fingerprint density at radius 3 is 2.31 bits per heavy atom. The average molecular weight is 242 g/mol. The number of hydrogen-bond acceptors (Lipinski definition) is 3. The van der Waals surface area contributed by atoms with Crippen molar-refractivity contribution in [2.24, 2.45) is 0 Å². The maximum atomic E-state index is 12.5. The molecule has 0 aromatic carbocycles. The van der Waals surface area contributed by atoms with E-state index >= 15 is 0 Å².